The van der Waals surface area contributed by atoms with Gasteiger partial charge in [0.2, 0.25) is 0 Å². The standard InChI is InChI=1S/C16H32N4O3/c1-6-17-14(19-12-13-8-7-11-22-13)18-9-10-20(5)15(21)23-16(2,3)4/h13H,6-12H2,1-5H3,(H2,17,18,19). The topological polar surface area (TPSA) is 75.2 Å². The second-order valence-corrected chi connectivity index (χ2v) is 6.68. The smallest absolute Gasteiger partial charge is 0.410 e. The molecule has 0 radical (unpaired) electrons. The zero-order valence-electron chi connectivity index (χ0n) is 15.1. The van der Waals surface area contributed by atoms with Crippen molar-refractivity contribution in [1.82, 2.24) is 15.5 Å². The highest BCUT2D eigenvalue weighted by atomic mass is 16.6. The Morgan fingerprint density at radius 1 is 1.39 bits per heavy atom. The van der Waals surface area contributed by atoms with Gasteiger partial charge in [-0.3, -0.25) is 4.99 Å². The summed E-state index contributed by atoms with van der Waals surface area (Å²) in [4.78, 5) is 18.0. The molecule has 1 atom stereocenters. The highest BCUT2D eigenvalue weighted by molar-refractivity contribution is 5.79. The number of carbonyl (C=O) groups is 1. The van der Waals surface area contributed by atoms with E-state index >= 15 is 0 Å². The van der Waals surface area contributed by atoms with Gasteiger partial charge >= 0.3 is 6.09 Å². The van der Waals surface area contributed by atoms with Gasteiger partial charge in [0.25, 0.3) is 0 Å². The highest BCUT2D eigenvalue weighted by Crippen LogP contribution is 2.11. The van der Waals surface area contributed by atoms with Crippen molar-refractivity contribution in [2.75, 3.05) is 39.8 Å². The molecule has 7 nitrogen and oxygen atoms in total. The van der Waals surface area contributed by atoms with Crippen LogP contribution in [0.5, 0.6) is 0 Å². The first-order valence-electron chi connectivity index (χ1n) is 8.39. The van der Waals surface area contributed by atoms with Gasteiger partial charge in [0.05, 0.1) is 12.6 Å². The second-order valence-electron chi connectivity index (χ2n) is 6.68. The normalized spacial score (nSPS) is 18.7. The van der Waals surface area contributed by atoms with E-state index in [4.69, 9.17) is 9.47 Å². The van der Waals surface area contributed by atoms with E-state index in [1.807, 2.05) is 27.7 Å². The molecule has 0 aromatic heterocycles. The Bertz CT molecular complexity index is 387. The lowest BCUT2D eigenvalue weighted by molar-refractivity contribution is 0.0302. The molecule has 1 fully saturated rings. The van der Waals surface area contributed by atoms with Crippen LogP contribution in [0.4, 0.5) is 4.79 Å². The number of aliphatic imine (C=N–C) groups is 1. The van der Waals surface area contributed by atoms with Gasteiger partial charge in [0.15, 0.2) is 5.96 Å². The Hall–Kier alpha value is -1.50. The minimum Gasteiger partial charge on any atom is -0.444 e. The molecule has 0 spiro atoms. The van der Waals surface area contributed by atoms with Crippen molar-refractivity contribution in [3.63, 3.8) is 0 Å². The van der Waals surface area contributed by atoms with Crippen LogP contribution in [0.1, 0.15) is 40.5 Å². The molecule has 0 aromatic carbocycles. The first-order valence-corrected chi connectivity index (χ1v) is 8.39. The summed E-state index contributed by atoms with van der Waals surface area (Å²) < 4.78 is 10.9. The summed E-state index contributed by atoms with van der Waals surface area (Å²) in [6.07, 6.45) is 2.10. The van der Waals surface area contributed by atoms with E-state index in [0.717, 1.165) is 32.0 Å². The largest absolute Gasteiger partial charge is 0.444 e. The third-order valence-corrected chi connectivity index (χ3v) is 3.27. The zero-order chi connectivity index (χ0) is 17.3. The van der Waals surface area contributed by atoms with E-state index in [-0.39, 0.29) is 12.2 Å². The van der Waals surface area contributed by atoms with Crippen LogP contribution in [0.15, 0.2) is 4.99 Å². The Balaban J connectivity index is 2.33. The molecular weight excluding hydrogens is 296 g/mol. The molecule has 1 heterocycles. The van der Waals surface area contributed by atoms with Gasteiger partial charge in [-0.1, -0.05) is 0 Å². The van der Waals surface area contributed by atoms with Crippen molar-refractivity contribution in [2.24, 2.45) is 4.99 Å². The average molecular weight is 328 g/mol. The maximum Gasteiger partial charge on any atom is 0.410 e. The van der Waals surface area contributed by atoms with E-state index < -0.39 is 5.60 Å². The molecule has 1 aliphatic rings. The van der Waals surface area contributed by atoms with Crippen LogP contribution in [0, 0.1) is 0 Å². The molecule has 2 N–H and O–H groups in total. The van der Waals surface area contributed by atoms with Gasteiger partial charge in [-0.15, -0.1) is 0 Å². The number of carbonyl (C=O) groups excluding carboxylic acids is 1. The first kappa shape index (κ1) is 19.5. The fourth-order valence-electron chi connectivity index (χ4n) is 2.10. The maximum absolute atomic E-state index is 11.9. The number of amides is 1. The van der Waals surface area contributed by atoms with Gasteiger partial charge < -0.3 is 25.0 Å². The Morgan fingerprint density at radius 3 is 2.70 bits per heavy atom. The van der Waals surface area contributed by atoms with Crippen molar-refractivity contribution in [1.29, 1.82) is 0 Å². The number of guanidine groups is 1. The quantitative estimate of drug-likeness (QED) is 0.572. The maximum atomic E-state index is 11.9. The van der Waals surface area contributed by atoms with Gasteiger partial charge in [-0.25, -0.2) is 4.79 Å². The Morgan fingerprint density at radius 2 is 2.13 bits per heavy atom. The molecule has 0 aliphatic carbocycles. The van der Waals surface area contributed by atoms with Crippen molar-refractivity contribution in [3.05, 3.63) is 0 Å². The predicted molar refractivity (Wildman–Crippen MR) is 91.8 cm³/mol. The number of hydrogen-bond donors (Lipinski definition) is 2. The number of rotatable bonds is 6. The second kappa shape index (κ2) is 9.60. The van der Waals surface area contributed by atoms with Gasteiger partial charge in [-0.05, 0) is 40.5 Å². The SMILES string of the molecule is CCNC(=NCC1CCCO1)NCCN(C)C(=O)OC(C)(C)C. The molecule has 23 heavy (non-hydrogen) atoms. The molecule has 0 saturated carbocycles. The molecule has 1 aliphatic heterocycles. The van der Waals surface area contributed by atoms with Crippen LogP contribution in [0.3, 0.4) is 0 Å². The summed E-state index contributed by atoms with van der Waals surface area (Å²) in [5, 5.41) is 6.42. The van der Waals surface area contributed by atoms with Gasteiger partial charge in [-0.2, -0.15) is 0 Å². The molecule has 134 valence electrons. The third kappa shape index (κ3) is 8.64. The highest BCUT2D eigenvalue weighted by Gasteiger charge is 2.19. The zero-order valence-corrected chi connectivity index (χ0v) is 15.1. The lowest BCUT2D eigenvalue weighted by atomic mass is 10.2. The van der Waals surface area contributed by atoms with Crippen LogP contribution in [-0.2, 0) is 9.47 Å². The average Bonchev–Trinajstić information content (AvgIpc) is 2.96. The molecule has 1 unspecified atom stereocenters. The molecular formula is C16H32N4O3. The lowest BCUT2D eigenvalue weighted by Crippen LogP contribution is -2.43. The van der Waals surface area contributed by atoms with Crippen LogP contribution < -0.4 is 10.6 Å². The number of nitrogens with zero attached hydrogens (tertiary/aromatic N) is 2. The number of hydrogen-bond acceptors (Lipinski definition) is 4. The molecule has 1 amide bonds. The predicted octanol–water partition coefficient (Wildman–Crippen LogP) is 1.59. The van der Waals surface area contributed by atoms with E-state index in [1.165, 1.54) is 0 Å². The van der Waals surface area contributed by atoms with Crippen molar-refractivity contribution in [3.8, 4) is 0 Å². The van der Waals surface area contributed by atoms with E-state index in [2.05, 4.69) is 15.6 Å². The van der Waals surface area contributed by atoms with E-state index in [1.54, 1.807) is 11.9 Å². The summed E-state index contributed by atoms with van der Waals surface area (Å²) in [6.45, 7) is 11.0. The van der Waals surface area contributed by atoms with Gasteiger partial charge in [0.1, 0.15) is 5.60 Å². The third-order valence-electron chi connectivity index (χ3n) is 3.27. The fraction of sp³-hybridized carbons (Fsp3) is 0.875. The number of nitrogens with one attached hydrogen (secondary N) is 2. The summed E-state index contributed by atoms with van der Waals surface area (Å²) in [5.41, 5.74) is -0.476. The summed E-state index contributed by atoms with van der Waals surface area (Å²) in [6, 6.07) is 0. The number of likely N-dealkylation sites (N-methyl/N-ethyl adjacent to an activating group) is 1. The summed E-state index contributed by atoms with van der Waals surface area (Å²) in [5.74, 6) is 0.751. The minimum absolute atomic E-state index is 0.231. The molecule has 0 bridgehead atoms. The molecule has 1 saturated heterocycles. The van der Waals surface area contributed by atoms with Crippen molar-refractivity contribution in [2.45, 2.75) is 52.2 Å². The van der Waals surface area contributed by atoms with E-state index in [9.17, 15) is 4.79 Å². The van der Waals surface area contributed by atoms with Crippen molar-refractivity contribution < 1.29 is 14.3 Å². The van der Waals surface area contributed by atoms with Crippen LogP contribution >= 0.6 is 0 Å². The first-order chi connectivity index (χ1) is 10.8. The molecule has 0 aromatic rings. The van der Waals surface area contributed by atoms with Crippen molar-refractivity contribution >= 4 is 12.1 Å². The van der Waals surface area contributed by atoms with Crippen LogP contribution in [-0.4, -0.2) is 68.5 Å². The summed E-state index contributed by atoms with van der Waals surface area (Å²) in [7, 11) is 1.73. The molecule has 1 rings (SSSR count). The van der Waals surface area contributed by atoms with Gasteiger partial charge in [0, 0.05) is 33.3 Å². The van der Waals surface area contributed by atoms with E-state index in [0.29, 0.717) is 19.6 Å². The van der Waals surface area contributed by atoms with Crippen LogP contribution in [0.25, 0.3) is 0 Å². The minimum atomic E-state index is -0.476. The lowest BCUT2D eigenvalue weighted by Gasteiger charge is -2.25. The Kier molecular flexibility index (Phi) is 8.16. The Labute approximate surface area is 139 Å². The monoisotopic (exact) mass is 328 g/mol. The summed E-state index contributed by atoms with van der Waals surface area (Å²) >= 11 is 0. The van der Waals surface area contributed by atoms with Crippen LogP contribution in [0.2, 0.25) is 0 Å². The molecule has 7 heteroatoms. The number of ether oxygens (including phenoxy) is 2. The fourth-order valence-corrected chi connectivity index (χ4v) is 2.10.